The van der Waals surface area contributed by atoms with Crippen LogP contribution < -0.4 is 0 Å². The lowest BCUT2D eigenvalue weighted by Crippen LogP contribution is -2.17. The molecule has 0 saturated heterocycles. The summed E-state index contributed by atoms with van der Waals surface area (Å²) < 4.78 is 0. The topological polar surface area (TPSA) is 33.1 Å². The molecule has 1 N–H and O–H groups in total. The molecule has 0 amide bonds. The molecule has 1 heterocycles. The van der Waals surface area contributed by atoms with E-state index in [1.54, 1.807) is 17.8 Å². The predicted molar refractivity (Wildman–Crippen MR) is 92.7 cm³/mol. The van der Waals surface area contributed by atoms with Crippen LogP contribution in [0, 0.1) is 6.20 Å². The molecular formula is C19H24NOS. The van der Waals surface area contributed by atoms with Crippen molar-refractivity contribution >= 4 is 11.8 Å². The number of pyridine rings is 1. The second kappa shape index (κ2) is 5.96. The Morgan fingerprint density at radius 2 is 1.55 bits per heavy atom. The van der Waals surface area contributed by atoms with Crippen molar-refractivity contribution in [3.05, 3.63) is 47.7 Å². The van der Waals surface area contributed by atoms with Crippen LogP contribution in [0.5, 0.6) is 5.75 Å². The van der Waals surface area contributed by atoms with E-state index >= 15 is 0 Å². The van der Waals surface area contributed by atoms with E-state index in [0.29, 0.717) is 5.75 Å². The SMILES string of the molecule is CC(C)(C)c1cc(Sc2ccc[c]n2)cc(C(C)(C)C)c1O. The number of aromatic hydroxyl groups is 1. The van der Waals surface area contributed by atoms with Crippen LogP contribution >= 0.6 is 11.8 Å². The first kappa shape index (κ1) is 16.9. The number of aromatic nitrogens is 1. The molecule has 0 saturated carbocycles. The van der Waals surface area contributed by atoms with E-state index < -0.39 is 0 Å². The van der Waals surface area contributed by atoms with Crippen molar-refractivity contribution in [3.63, 3.8) is 0 Å². The number of nitrogens with zero attached hydrogens (tertiary/aromatic N) is 1. The fraction of sp³-hybridized carbons (Fsp3) is 0.421. The van der Waals surface area contributed by atoms with Crippen LogP contribution in [-0.2, 0) is 10.8 Å². The molecule has 0 aliphatic carbocycles. The molecule has 0 bridgehead atoms. The summed E-state index contributed by atoms with van der Waals surface area (Å²) in [5, 5.41) is 11.6. The molecule has 1 aromatic heterocycles. The minimum absolute atomic E-state index is 0.114. The van der Waals surface area contributed by atoms with Crippen LogP contribution in [0.4, 0.5) is 0 Å². The second-order valence-corrected chi connectivity index (χ2v) is 8.67. The first-order valence-corrected chi connectivity index (χ1v) is 8.29. The van der Waals surface area contributed by atoms with E-state index in [1.807, 2.05) is 12.1 Å². The minimum atomic E-state index is -0.114. The molecule has 2 rings (SSSR count). The molecule has 1 aromatic carbocycles. The summed E-state index contributed by atoms with van der Waals surface area (Å²) in [6.45, 7) is 12.7. The van der Waals surface area contributed by atoms with Crippen LogP contribution in [0.1, 0.15) is 52.7 Å². The Hall–Kier alpha value is -1.48. The van der Waals surface area contributed by atoms with Crippen LogP contribution in [0.25, 0.3) is 0 Å². The van der Waals surface area contributed by atoms with Crippen molar-refractivity contribution in [2.45, 2.75) is 62.3 Å². The quantitative estimate of drug-likeness (QED) is 0.813. The monoisotopic (exact) mass is 314 g/mol. The van der Waals surface area contributed by atoms with E-state index in [1.165, 1.54) is 0 Å². The van der Waals surface area contributed by atoms with Gasteiger partial charge in [-0.3, -0.25) is 0 Å². The molecule has 117 valence electrons. The highest BCUT2D eigenvalue weighted by molar-refractivity contribution is 7.99. The van der Waals surface area contributed by atoms with Gasteiger partial charge in [0.2, 0.25) is 0 Å². The number of phenolic OH excluding ortho intramolecular Hbond substituents is 1. The van der Waals surface area contributed by atoms with Crippen molar-refractivity contribution in [1.82, 2.24) is 4.98 Å². The van der Waals surface area contributed by atoms with Crippen molar-refractivity contribution in [3.8, 4) is 5.75 Å². The van der Waals surface area contributed by atoms with Gasteiger partial charge in [0, 0.05) is 16.0 Å². The Kier molecular flexibility index (Phi) is 4.57. The summed E-state index contributed by atoms with van der Waals surface area (Å²) in [5.41, 5.74) is 1.72. The normalized spacial score (nSPS) is 12.5. The fourth-order valence-corrected chi connectivity index (χ4v) is 3.14. The van der Waals surface area contributed by atoms with E-state index in [-0.39, 0.29) is 10.8 Å². The van der Waals surface area contributed by atoms with Gasteiger partial charge >= 0.3 is 0 Å². The molecule has 0 atom stereocenters. The van der Waals surface area contributed by atoms with Gasteiger partial charge in [0.05, 0.1) is 6.20 Å². The average molecular weight is 314 g/mol. The first-order chi connectivity index (χ1) is 10.1. The highest BCUT2D eigenvalue weighted by Gasteiger charge is 2.26. The van der Waals surface area contributed by atoms with Gasteiger partial charge < -0.3 is 5.11 Å². The Balaban J connectivity index is 2.56. The largest absolute Gasteiger partial charge is 0.507 e. The van der Waals surface area contributed by atoms with Crippen molar-refractivity contribution in [1.29, 1.82) is 0 Å². The molecular weight excluding hydrogens is 290 g/mol. The van der Waals surface area contributed by atoms with Gasteiger partial charge in [-0.1, -0.05) is 59.4 Å². The van der Waals surface area contributed by atoms with Gasteiger partial charge in [0.1, 0.15) is 10.8 Å². The van der Waals surface area contributed by atoms with Crippen molar-refractivity contribution < 1.29 is 5.11 Å². The maximum atomic E-state index is 10.7. The Morgan fingerprint density at radius 1 is 1.00 bits per heavy atom. The lowest BCUT2D eigenvalue weighted by Gasteiger charge is -2.28. The maximum Gasteiger partial charge on any atom is 0.123 e. The predicted octanol–water partition coefficient (Wildman–Crippen LogP) is 5.33. The zero-order chi connectivity index (χ0) is 16.5. The molecule has 2 aromatic rings. The molecule has 3 heteroatoms. The molecule has 0 unspecified atom stereocenters. The summed E-state index contributed by atoms with van der Waals surface area (Å²) in [5.74, 6) is 0.414. The van der Waals surface area contributed by atoms with E-state index in [4.69, 9.17) is 0 Å². The van der Waals surface area contributed by atoms with Crippen LogP contribution in [0.15, 0.2) is 40.3 Å². The van der Waals surface area contributed by atoms with Gasteiger partial charge in [0.15, 0.2) is 0 Å². The number of hydrogen-bond acceptors (Lipinski definition) is 3. The zero-order valence-electron chi connectivity index (χ0n) is 14.2. The highest BCUT2D eigenvalue weighted by Crippen LogP contribution is 2.42. The smallest absolute Gasteiger partial charge is 0.123 e. The number of phenols is 1. The highest BCUT2D eigenvalue weighted by atomic mass is 32.2. The van der Waals surface area contributed by atoms with Crippen LogP contribution in [0.2, 0.25) is 0 Å². The summed E-state index contributed by atoms with van der Waals surface area (Å²) in [4.78, 5) is 5.35. The third-order valence-electron chi connectivity index (χ3n) is 3.51. The molecule has 2 nitrogen and oxygen atoms in total. The van der Waals surface area contributed by atoms with E-state index in [9.17, 15) is 5.11 Å². The van der Waals surface area contributed by atoms with E-state index in [2.05, 4.69) is 64.9 Å². The molecule has 0 aliphatic rings. The van der Waals surface area contributed by atoms with Crippen LogP contribution in [0.3, 0.4) is 0 Å². The van der Waals surface area contributed by atoms with E-state index in [0.717, 1.165) is 21.0 Å². The number of rotatable bonds is 2. The van der Waals surface area contributed by atoms with Gasteiger partial charge in [-0.25, -0.2) is 4.98 Å². The lowest BCUT2D eigenvalue weighted by molar-refractivity contribution is 0.422. The number of benzene rings is 1. The third kappa shape index (κ3) is 3.83. The third-order valence-corrected chi connectivity index (χ3v) is 4.41. The first-order valence-electron chi connectivity index (χ1n) is 7.48. The van der Waals surface area contributed by atoms with Gasteiger partial charge in [-0.2, -0.15) is 0 Å². The van der Waals surface area contributed by atoms with Crippen molar-refractivity contribution in [2.75, 3.05) is 0 Å². The minimum Gasteiger partial charge on any atom is -0.507 e. The van der Waals surface area contributed by atoms with Gasteiger partial charge in [-0.05, 0) is 35.1 Å². The standard InChI is InChI=1S/C19H24NOS/c1-18(2,3)14-11-13(22-16-9-7-8-10-20-16)12-15(17(14)21)19(4,5)6/h7-9,11-12,21H,1-6H3. The number of hydrogen-bond donors (Lipinski definition) is 1. The van der Waals surface area contributed by atoms with Crippen LogP contribution in [-0.4, -0.2) is 10.1 Å². The molecule has 1 radical (unpaired) electrons. The maximum absolute atomic E-state index is 10.7. The summed E-state index contributed by atoms with van der Waals surface area (Å²) in [7, 11) is 0. The molecule has 0 spiro atoms. The summed E-state index contributed by atoms with van der Waals surface area (Å²) in [6.07, 6.45) is 2.86. The fourth-order valence-electron chi connectivity index (χ4n) is 2.30. The second-order valence-electron chi connectivity index (χ2n) is 7.57. The summed E-state index contributed by atoms with van der Waals surface area (Å²) >= 11 is 1.60. The molecule has 0 fully saturated rings. The van der Waals surface area contributed by atoms with Crippen molar-refractivity contribution in [2.24, 2.45) is 0 Å². The molecule has 0 aliphatic heterocycles. The Labute approximate surface area is 138 Å². The average Bonchev–Trinajstić information content (AvgIpc) is 2.39. The Bertz CT molecular complexity index is 616. The van der Waals surface area contributed by atoms with Gasteiger partial charge in [0.25, 0.3) is 0 Å². The Morgan fingerprint density at radius 3 is 1.95 bits per heavy atom. The molecule has 22 heavy (non-hydrogen) atoms. The lowest BCUT2D eigenvalue weighted by atomic mass is 9.79. The summed E-state index contributed by atoms with van der Waals surface area (Å²) in [6, 6.07) is 9.85. The zero-order valence-corrected chi connectivity index (χ0v) is 15.0. The van der Waals surface area contributed by atoms with Gasteiger partial charge in [-0.15, -0.1) is 0 Å².